The van der Waals surface area contributed by atoms with E-state index in [1.165, 1.54) is 11.5 Å². The summed E-state index contributed by atoms with van der Waals surface area (Å²) in [6.45, 7) is 1.59. The first kappa shape index (κ1) is 27.1. The second-order valence-corrected chi connectivity index (χ2v) is 9.55. The molecule has 0 spiro atoms. The Morgan fingerprint density at radius 3 is 2.80 bits per heavy atom. The van der Waals surface area contributed by atoms with Crippen LogP contribution in [0.25, 0.3) is 16.6 Å². The van der Waals surface area contributed by atoms with E-state index in [0.29, 0.717) is 6.54 Å². The summed E-state index contributed by atoms with van der Waals surface area (Å²) in [6, 6.07) is 18.9. The summed E-state index contributed by atoms with van der Waals surface area (Å²) in [5.74, 6) is 2.16. The molecule has 0 bridgehead atoms. The Bertz CT molecular complexity index is 1640. The van der Waals surface area contributed by atoms with Crippen LogP contribution in [0.1, 0.15) is 24.4 Å². The van der Waals surface area contributed by atoms with Crippen LogP contribution < -0.4 is 15.5 Å². The van der Waals surface area contributed by atoms with Gasteiger partial charge in [-0.25, -0.2) is 13.9 Å². The largest absolute Gasteiger partial charge is 0.482 e. The molecule has 0 amide bonds. The van der Waals surface area contributed by atoms with Crippen molar-refractivity contribution in [2.45, 2.75) is 18.9 Å². The van der Waals surface area contributed by atoms with Gasteiger partial charge in [0.05, 0.1) is 19.3 Å². The molecule has 3 N–H and O–H groups in total. The van der Waals surface area contributed by atoms with Crippen LogP contribution in [0, 0.1) is 5.82 Å². The monoisotopic (exact) mass is 559 g/mol. The number of H-pyrrole nitrogens is 1. The molecule has 7 rings (SSSR count). The zero-order chi connectivity index (χ0) is 26.8. The van der Waals surface area contributed by atoms with Crippen molar-refractivity contribution < 1.29 is 9.13 Å². The minimum absolute atomic E-state index is 0. The van der Waals surface area contributed by atoms with E-state index in [1.807, 2.05) is 71.9 Å². The Hall–Kier alpha value is -4.50. The maximum absolute atomic E-state index is 13.8. The van der Waals surface area contributed by atoms with Gasteiger partial charge in [-0.1, -0.05) is 42.5 Å². The van der Waals surface area contributed by atoms with Gasteiger partial charge in [-0.15, -0.1) is 12.4 Å². The number of nitrogens with one attached hydrogen (secondary N) is 1. The normalized spacial score (nSPS) is 16.4. The van der Waals surface area contributed by atoms with E-state index in [0.717, 1.165) is 59.3 Å². The van der Waals surface area contributed by atoms with Gasteiger partial charge in [0.15, 0.2) is 11.5 Å². The van der Waals surface area contributed by atoms with Crippen molar-refractivity contribution >= 4 is 46.3 Å². The van der Waals surface area contributed by atoms with Crippen LogP contribution in [0.4, 0.5) is 21.7 Å². The fourth-order valence-electron chi connectivity index (χ4n) is 5.29. The molecule has 0 aliphatic carbocycles. The van der Waals surface area contributed by atoms with E-state index >= 15 is 0 Å². The summed E-state index contributed by atoms with van der Waals surface area (Å²) < 4.78 is 21.1. The summed E-state index contributed by atoms with van der Waals surface area (Å²) in [4.78, 5) is 12.3. The van der Waals surface area contributed by atoms with Gasteiger partial charge in [0.2, 0.25) is 0 Å². The van der Waals surface area contributed by atoms with Crippen molar-refractivity contribution in [1.82, 2.24) is 19.6 Å². The van der Waals surface area contributed by atoms with Gasteiger partial charge in [-0.05, 0) is 54.8 Å². The Labute approximate surface area is 238 Å². The number of aromatic nitrogens is 4. The number of halogens is 2. The topological polar surface area (TPSA) is 87.7 Å². The second-order valence-electron chi connectivity index (χ2n) is 9.55. The van der Waals surface area contributed by atoms with E-state index in [9.17, 15) is 4.39 Å². The highest BCUT2D eigenvalue weighted by Crippen LogP contribution is 2.36. The lowest BCUT2D eigenvalue weighted by Gasteiger charge is -2.27. The number of nitrogen functional groups attached to an aromatic ring is 1. The predicted molar refractivity (Wildman–Crippen MR) is 160 cm³/mol. The van der Waals surface area contributed by atoms with Gasteiger partial charge in [-0.3, -0.25) is 0 Å². The fourth-order valence-corrected chi connectivity index (χ4v) is 5.29. The molecule has 1 fully saturated rings. The number of allylic oxidation sites excluding steroid dienone is 2. The number of aromatic amines is 1. The summed E-state index contributed by atoms with van der Waals surface area (Å²) >= 11 is 0. The molecule has 8 nitrogen and oxygen atoms in total. The Morgan fingerprint density at radius 2 is 1.98 bits per heavy atom. The fraction of sp³-hybridized carbons (Fsp3) is 0.200. The molecule has 2 aromatic carbocycles. The number of hydrogen-bond acceptors (Lipinski definition) is 6. The maximum atomic E-state index is 13.8. The molecule has 2 aliphatic heterocycles. The van der Waals surface area contributed by atoms with Crippen molar-refractivity contribution in [3.05, 3.63) is 109 Å². The van der Waals surface area contributed by atoms with Crippen LogP contribution >= 0.6 is 12.4 Å². The molecular formula is C30H31ClFN7O. The van der Waals surface area contributed by atoms with Gasteiger partial charge in [-0.2, -0.15) is 5.10 Å². The van der Waals surface area contributed by atoms with Crippen LogP contribution in [0.15, 0.2) is 97.2 Å². The highest BCUT2D eigenvalue weighted by Gasteiger charge is 2.28. The minimum Gasteiger partial charge on any atom is -0.482 e. The molecule has 40 heavy (non-hydrogen) atoms. The number of nitrogens with two attached hydrogens (primary N) is 1. The zero-order valence-corrected chi connectivity index (χ0v) is 22.9. The van der Waals surface area contributed by atoms with E-state index in [1.54, 1.807) is 23.8 Å². The predicted octanol–water partition coefficient (Wildman–Crippen LogP) is 6.25. The number of rotatable bonds is 4. The van der Waals surface area contributed by atoms with Crippen LogP contribution in [0.2, 0.25) is 0 Å². The SMILES string of the molecule is COC1=CC=CCN1c1cnn2ccc(N3CCC[C@@H]3c3cccc(F)c3)nc12.Cl.Nc1cc2ccccc2[nH]1. The maximum Gasteiger partial charge on any atom is 0.193 e. The lowest BCUT2D eigenvalue weighted by atomic mass is 10.0. The number of para-hydroxylation sites is 1. The first-order valence-corrected chi connectivity index (χ1v) is 13.0. The quantitative estimate of drug-likeness (QED) is 0.271. The first-order chi connectivity index (χ1) is 19.1. The van der Waals surface area contributed by atoms with Gasteiger partial charge in [0.25, 0.3) is 0 Å². The Morgan fingerprint density at radius 1 is 1.10 bits per heavy atom. The van der Waals surface area contributed by atoms with Crippen LogP contribution in [-0.2, 0) is 4.74 Å². The summed E-state index contributed by atoms with van der Waals surface area (Å²) in [7, 11) is 1.66. The van der Waals surface area contributed by atoms with Crippen LogP contribution in [0.5, 0.6) is 0 Å². The number of nitrogens with zero attached hydrogens (tertiary/aromatic N) is 5. The molecule has 206 valence electrons. The van der Waals surface area contributed by atoms with E-state index in [2.05, 4.69) is 21.1 Å². The standard InChI is InChI=1S/C22H22FN5O.C8H8N2.ClH/c1-29-21-9-2-3-11-27(21)19-15-24-28-13-10-20(25-22(19)28)26-12-5-8-18(26)16-6-4-7-17(23)14-16;9-8-5-6-3-1-2-4-7(6)10-8;/h2-4,6-7,9-10,13-15,18H,5,8,11-12H2,1H3;1-5,10H,9H2;1H/t18-;;/m1../s1. The molecule has 3 aromatic heterocycles. The molecule has 0 unspecified atom stereocenters. The van der Waals surface area contributed by atoms with E-state index in [-0.39, 0.29) is 24.3 Å². The minimum atomic E-state index is -0.201. The van der Waals surface area contributed by atoms with E-state index in [4.69, 9.17) is 15.5 Å². The summed E-state index contributed by atoms with van der Waals surface area (Å²) in [5.41, 5.74) is 9.29. The molecule has 1 saturated heterocycles. The lowest BCUT2D eigenvalue weighted by Crippen LogP contribution is -2.26. The highest BCUT2D eigenvalue weighted by atomic mass is 35.5. The Kier molecular flexibility index (Phi) is 7.93. The Balaban J connectivity index is 0.000000247. The van der Waals surface area contributed by atoms with E-state index < -0.39 is 0 Å². The average molecular weight is 560 g/mol. The van der Waals surface area contributed by atoms with Gasteiger partial charge in [0.1, 0.15) is 23.1 Å². The molecule has 10 heteroatoms. The first-order valence-electron chi connectivity index (χ1n) is 13.0. The second kappa shape index (κ2) is 11.7. The average Bonchev–Trinajstić information content (AvgIpc) is 3.70. The number of hydrogen-bond donors (Lipinski definition) is 2. The molecule has 0 radical (unpaired) electrons. The van der Waals surface area contributed by atoms with Crippen molar-refractivity contribution in [2.75, 3.05) is 35.7 Å². The van der Waals surface area contributed by atoms with Crippen molar-refractivity contribution in [3.63, 3.8) is 0 Å². The van der Waals surface area contributed by atoms with Gasteiger partial charge >= 0.3 is 0 Å². The van der Waals surface area contributed by atoms with Crippen molar-refractivity contribution in [2.24, 2.45) is 0 Å². The zero-order valence-electron chi connectivity index (χ0n) is 22.1. The number of methoxy groups -OCH3 is 1. The van der Waals surface area contributed by atoms with Crippen molar-refractivity contribution in [3.8, 4) is 0 Å². The molecule has 5 aromatic rings. The third-order valence-corrected chi connectivity index (χ3v) is 7.10. The molecule has 5 heterocycles. The van der Waals surface area contributed by atoms with Crippen LogP contribution in [-0.4, -0.2) is 39.8 Å². The molecule has 2 aliphatic rings. The van der Waals surface area contributed by atoms with Crippen LogP contribution in [0.3, 0.4) is 0 Å². The molecule has 1 atom stereocenters. The smallest absolute Gasteiger partial charge is 0.193 e. The number of ether oxygens (including phenoxy) is 1. The highest BCUT2D eigenvalue weighted by molar-refractivity contribution is 5.85. The number of fused-ring (bicyclic) bond motifs is 2. The molecule has 0 saturated carbocycles. The van der Waals surface area contributed by atoms with Gasteiger partial charge in [0, 0.05) is 30.2 Å². The number of anilines is 3. The van der Waals surface area contributed by atoms with Gasteiger partial charge < -0.3 is 25.3 Å². The third-order valence-electron chi connectivity index (χ3n) is 7.10. The van der Waals surface area contributed by atoms with Crippen molar-refractivity contribution in [1.29, 1.82) is 0 Å². The lowest BCUT2D eigenvalue weighted by molar-refractivity contribution is 0.280. The summed E-state index contributed by atoms with van der Waals surface area (Å²) in [6.07, 6.45) is 11.7. The number of benzene rings is 2. The summed E-state index contributed by atoms with van der Waals surface area (Å²) in [5, 5.41) is 5.62. The molecular weight excluding hydrogens is 529 g/mol. The third kappa shape index (κ3) is 5.33.